The number of nitrogens with zero attached hydrogens (tertiary/aromatic N) is 1. The molecule has 0 saturated carbocycles. The van der Waals surface area contributed by atoms with E-state index in [0.29, 0.717) is 6.07 Å². The summed E-state index contributed by atoms with van der Waals surface area (Å²) in [6, 6.07) is 1.52. The van der Waals surface area contributed by atoms with Crippen molar-refractivity contribution >= 4 is 17.3 Å². The largest absolute Gasteiger partial charge is 0.416 e. The topological polar surface area (TPSA) is 43.1 Å². The zero-order valence-electron chi connectivity index (χ0n) is 8.14. The molecule has 1 rings (SSSR count). The first-order valence-corrected chi connectivity index (χ1v) is 4.72. The average Bonchev–Trinajstić information content (AvgIpc) is 2.15. The molecule has 7 heteroatoms. The molecule has 0 atom stereocenters. The van der Waals surface area contributed by atoms with Gasteiger partial charge in [0.2, 0.25) is 0 Å². The maximum atomic E-state index is 12.5. The van der Waals surface area contributed by atoms with Gasteiger partial charge in [-0.3, -0.25) is 10.1 Å². The molecule has 0 amide bonds. The van der Waals surface area contributed by atoms with Crippen LogP contribution in [-0.4, -0.2) is 4.92 Å². The van der Waals surface area contributed by atoms with Crippen LogP contribution in [0.15, 0.2) is 12.1 Å². The number of nitro benzene ring substituents is 1. The molecule has 0 radical (unpaired) electrons. The second-order valence-corrected chi connectivity index (χ2v) is 3.39. The summed E-state index contributed by atoms with van der Waals surface area (Å²) in [4.78, 5) is 9.80. The van der Waals surface area contributed by atoms with E-state index in [9.17, 15) is 23.3 Å². The monoisotopic (exact) mass is 253 g/mol. The number of alkyl halides is 4. The summed E-state index contributed by atoms with van der Waals surface area (Å²) < 4.78 is 37.6. The minimum atomic E-state index is -4.55. The van der Waals surface area contributed by atoms with E-state index in [2.05, 4.69) is 0 Å². The van der Waals surface area contributed by atoms with Crippen LogP contribution < -0.4 is 0 Å². The highest BCUT2D eigenvalue weighted by Gasteiger charge is 2.35. The van der Waals surface area contributed by atoms with Gasteiger partial charge in [-0.25, -0.2) is 0 Å². The van der Waals surface area contributed by atoms with Crippen molar-refractivity contribution in [2.75, 3.05) is 0 Å². The van der Waals surface area contributed by atoms with Gasteiger partial charge in [0.15, 0.2) is 0 Å². The van der Waals surface area contributed by atoms with Crippen LogP contribution in [0.2, 0.25) is 0 Å². The Labute approximate surface area is 94.0 Å². The molecule has 3 nitrogen and oxygen atoms in total. The maximum Gasteiger partial charge on any atom is 0.416 e. The first-order chi connectivity index (χ1) is 7.29. The van der Waals surface area contributed by atoms with E-state index in [-0.39, 0.29) is 16.8 Å². The summed E-state index contributed by atoms with van der Waals surface area (Å²) in [6.45, 7) is 1.26. The molecule has 0 saturated heterocycles. The number of rotatable bonds is 2. The van der Waals surface area contributed by atoms with Crippen LogP contribution in [0.4, 0.5) is 18.9 Å². The summed E-state index contributed by atoms with van der Waals surface area (Å²) in [7, 11) is 0. The molecule has 0 aliphatic rings. The van der Waals surface area contributed by atoms with E-state index in [1.807, 2.05) is 0 Å². The van der Waals surface area contributed by atoms with Crippen LogP contribution in [-0.2, 0) is 12.1 Å². The van der Waals surface area contributed by atoms with E-state index >= 15 is 0 Å². The predicted molar refractivity (Wildman–Crippen MR) is 52.4 cm³/mol. The fourth-order valence-corrected chi connectivity index (χ4v) is 1.72. The molecule has 0 aromatic heterocycles. The predicted octanol–water partition coefficient (Wildman–Crippen LogP) is 3.66. The Hall–Kier alpha value is -1.30. The van der Waals surface area contributed by atoms with Crippen LogP contribution in [0.1, 0.15) is 16.7 Å². The fourth-order valence-electron chi connectivity index (χ4n) is 1.38. The molecule has 0 aliphatic heterocycles. The normalized spacial score (nSPS) is 11.6. The van der Waals surface area contributed by atoms with Crippen molar-refractivity contribution < 1.29 is 18.1 Å². The third-order valence-electron chi connectivity index (χ3n) is 2.21. The molecule has 0 bridgehead atoms. The fraction of sp³-hybridized carbons (Fsp3) is 0.333. The van der Waals surface area contributed by atoms with E-state index in [1.165, 1.54) is 6.92 Å². The number of hydrogen-bond donors (Lipinski definition) is 0. The first-order valence-electron chi connectivity index (χ1n) is 4.19. The summed E-state index contributed by atoms with van der Waals surface area (Å²) in [5.41, 5.74) is -1.58. The minimum Gasteiger partial charge on any atom is -0.258 e. The van der Waals surface area contributed by atoms with Gasteiger partial charge < -0.3 is 0 Å². The van der Waals surface area contributed by atoms with Crippen molar-refractivity contribution in [1.82, 2.24) is 0 Å². The van der Waals surface area contributed by atoms with Crippen molar-refractivity contribution in [3.63, 3.8) is 0 Å². The van der Waals surface area contributed by atoms with Crippen LogP contribution in [0.5, 0.6) is 0 Å². The Morgan fingerprint density at radius 2 is 2.00 bits per heavy atom. The average molecular weight is 254 g/mol. The molecular weight excluding hydrogens is 247 g/mol. The van der Waals surface area contributed by atoms with Gasteiger partial charge in [0.25, 0.3) is 5.69 Å². The molecular formula is C9H7ClF3NO2. The van der Waals surface area contributed by atoms with Crippen LogP contribution in [0.3, 0.4) is 0 Å². The second-order valence-electron chi connectivity index (χ2n) is 3.12. The number of nitro groups is 1. The molecule has 0 N–H and O–H groups in total. The highest BCUT2D eigenvalue weighted by Crippen LogP contribution is 2.36. The summed E-state index contributed by atoms with van der Waals surface area (Å²) in [5.74, 6) is -0.414. The third-order valence-corrected chi connectivity index (χ3v) is 2.47. The summed E-state index contributed by atoms with van der Waals surface area (Å²) >= 11 is 5.40. The van der Waals surface area contributed by atoms with E-state index in [4.69, 9.17) is 11.6 Å². The second kappa shape index (κ2) is 4.29. The Kier molecular flexibility index (Phi) is 3.42. The highest BCUT2D eigenvalue weighted by atomic mass is 35.5. The van der Waals surface area contributed by atoms with Crippen molar-refractivity contribution in [3.8, 4) is 0 Å². The molecule has 0 unspecified atom stereocenters. The van der Waals surface area contributed by atoms with Gasteiger partial charge in [-0.2, -0.15) is 13.2 Å². The van der Waals surface area contributed by atoms with Gasteiger partial charge >= 0.3 is 6.18 Å². The van der Waals surface area contributed by atoms with Gasteiger partial charge in [0.05, 0.1) is 10.5 Å². The third kappa shape index (κ3) is 2.27. The van der Waals surface area contributed by atoms with Gasteiger partial charge in [-0.1, -0.05) is 0 Å². The van der Waals surface area contributed by atoms with Gasteiger partial charge in [-0.15, -0.1) is 11.6 Å². The Morgan fingerprint density at radius 1 is 1.44 bits per heavy atom. The summed E-state index contributed by atoms with van der Waals surface area (Å²) in [6.07, 6.45) is -4.55. The number of hydrogen-bond acceptors (Lipinski definition) is 2. The van der Waals surface area contributed by atoms with Crippen LogP contribution >= 0.6 is 11.6 Å². The SMILES string of the molecule is Cc1c([N+](=O)[O-])ccc(C(F)(F)F)c1CCl. The highest BCUT2D eigenvalue weighted by molar-refractivity contribution is 6.17. The van der Waals surface area contributed by atoms with Gasteiger partial charge in [0.1, 0.15) is 0 Å². The maximum absolute atomic E-state index is 12.5. The van der Waals surface area contributed by atoms with E-state index in [1.54, 1.807) is 0 Å². The minimum absolute atomic E-state index is 0.0465. The molecule has 0 heterocycles. The molecule has 0 aliphatic carbocycles. The molecule has 1 aromatic carbocycles. The molecule has 0 fully saturated rings. The van der Waals surface area contributed by atoms with Crippen molar-refractivity contribution in [2.24, 2.45) is 0 Å². The summed E-state index contributed by atoms with van der Waals surface area (Å²) in [5, 5.41) is 10.5. The molecule has 1 aromatic rings. The number of benzene rings is 1. The smallest absolute Gasteiger partial charge is 0.258 e. The molecule has 0 spiro atoms. The van der Waals surface area contributed by atoms with Crippen LogP contribution in [0.25, 0.3) is 0 Å². The van der Waals surface area contributed by atoms with Gasteiger partial charge in [-0.05, 0) is 18.6 Å². The molecule has 88 valence electrons. The Morgan fingerprint density at radius 3 is 2.38 bits per heavy atom. The lowest BCUT2D eigenvalue weighted by Crippen LogP contribution is -2.10. The lowest BCUT2D eigenvalue weighted by atomic mass is 10.0. The lowest BCUT2D eigenvalue weighted by Gasteiger charge is -2.13. The number of halogens is 4. The quantitative estimate of drug-likeness (QED) is 0.459. The van der Waals surface area contributed by atoms with Gasteiger partial charge in [0, 0.05) is 17.5 Å². The Balaban J connectivity index is 3.47. The van der Waals surface area contributed by atoms with E-state index in [0.717, 1.165) is 6.07 Å². The van der Waals surface area contributed by atoms with E-state index < -0.39 is 22.5 Å². The zero-order chi connectivity index (χ0) is 12.5. The van der Waals surface area contributed by atoms with Crippen molar-refractivity contribution in [2.45, 2.75) is 19.0 Å². The van der Waals surface area contributed by atoms with Crippen molar-refractivity contribution in [3.05, 3.63) is 38.9 Å². The van der Waals surface area contributed by atoms with Crippen molar-refractivity contribution in [1.29, 1.82) is 0 Å². The first kappa shape index (κ1) is 12.8. The zero-order valence-corrected chi connectivity index (χ0v) is 8.89. The molecule has 16 heavy (non-hydrogen) atoms. The standard InChI is InChI=1S/C9H7ClF3NO2/c1-5-6(4-10)7(9(11,12)13)2-3-8(5)14(15)16/h2-3H,4H2,1H3. The van der Waals surface area contributed by atoms with Crippen LogP contribution in [0, 0.1) is 17.0 Å². The Bertz CT molecular complexity index is 431. The lowest BCUT2D eigenvalue weighted by molar-refractivity contribution is -0.385.